The molecule has 4 nitrogen and oxygen atoms in total. The Hall–Kier alpha value is -2.01. The molecule has 1 heterocycles. The summed E-state index contributed by atoms with van der Waals surface area (Å²) >= 11 is 1.70. The fourth-order valence-electron chi connectivity index (χ4n) is 2.16. The van der Waals surface area contributed by atoms with Crippen LogP contribution in [0.4, 0.5) is 11.4 Å². The number of anilines is 2. The lowest BCUT2D eigenvalue weighted by Crippen LogP contribution is -2.23. The van der Waals surface area contributed by atoms with E-state index in [0.29, 0.717) is 17.9 Å². The van der Waals surface area contributed by atoms with Gasteiger partial charge >= 0.3 is 5.97 Å². The largest absolute Gasteiger partial charge is 0.462 e. The summed E-state index contributed by atoms with van der Waals surface area (Å²) in [5.41, 5.74) is 7.69. The summed E-state index contributed by atoms with van der Waals surface area (Å²) in [5.74, 6) is -0.343. The zero-order valence-corrected chi connectivity index (χ0v) is 13.3. The van der Waals surface area contributed by atoms with E-state index in [9.17, 15) is 4.79 Å². The first-order valence-electron chi connectivity index (χ1n) is 6.87. The van der Waals surface area contributed by atoms with Gasteiger partial charge in [-0.25, -0.2) is 4.79 Å². The summed E-state index contributed by atoms with van der Waals surface area (Å²) < 4.78 is 5.13. The molecule has 21 heavy (non-hydrogen) atoms. The van der Waals surface area contributed by atoms with Gasteiger partial charge in [-0.2, -0.15) is 0 Å². The van der Waals surface area contributed by atoms with Crippen LogP contribution in [0.25, 0.3) is 0 Å². The number of carbonyl (C=O) groups is 1. The number of nitrogen functional groups attached to an aromatic ring is 1. The third kappa shape index (κ3) is 3.36. The first kappa shape index (κ1) is 15.4. The first-order chi connectivity index (χ1) is 10.0. The molecule has 0 fully saturated rings. The molecule has 0 aliphatic rings. The van der Waals surface area contributed by atoms with Crippen LogP contribution in [0.3, 0.4) is 0 Å². The van der Waals surface area contributed by atoms with Gasteiger partial charge in [0.05, 0.1) is 23.9 Å². The lowest BCUT2D eigenvalue weighted by molar-refractivity contribution is 0.0527. The van der Waals surface area contributed by atoms with E-state index < -0.39 is 0 Å². The summed E-state index contributed by atoms with van der Waals surface area (Å²) in [7, 11) is 1.97. The van der Waals surface area contributed by atoms with Gasteiger partial charge in [-0.1, -0.05) is 6.07 Å². The second kappa shape index (κ2) is 6.63. The van der Waals surface area contributed by atoms with E-state index in [1.54, 1.807) is 30.4 Å². The van der Waals surface area contributed by atoms with Crippen molar-refractivity contribution in [2.24, 2.45) is 0 Å². The van der Waals surface area contributed by atoms with Crippen molar-refractivity contribution < 1.29 is 9.53 Å². The molecule has 0 saturated carbocycles. The summed E-state index contributed by atoms with van der Waals surface area (Å²) in [6, 6.07) is 9.63. The van der Waals surface area contributed by atoms with E-state index in [0.717, 1.165) is 5.69 Å². The average Bonchev–Trinajstić information content (AvgIpc) is 3.00. The summed E-state index contributed by atoms with van der Waals surface area (Å²) in [5, 5.41) is 2.05. The van der Waals surface area contributed by atoms with Gasteiger partial charge in [0.25, 0.3) is 0 Å². The molecule has 0 aliphatic heterocycles. The predicted octanol–water partition coefficient (Wildman–Crippen LogP) is 3.70. The third-order valence-electron chi connectivity index (χ3n) is 3.43. The minimum atomic E-state index is -0.343. The highest BCUT2D eigenvalue weighted by Crippen LogP contribution is 2.31. The molecule has 2 aromatic rings. The quantitative estimate of drug-likeness (QED) is 0.676. The number of nitrogens with zero attached hydrogens (tertiary/aromatic N) is 1. The predicted molar refractivity (Wildman–Crippen MR) is 87.9 cm³/mol. The number of hydrogen-bond acceptors (Lipinski definition) is 5. The molecule has 1 atom stereocenters. The van der Waals surface area contributed by atoms with Crippen molar-refractivity contribution in [3.63, 3.8) is 0 Å². The smallest absolute Gasteiger partial charge is 0.340 e. The van der Waals surface area contributed by atoms with Crippen molar-refractivity contribution in [1.82, 2.24) is 0 Å². The Balaban J connectivity index is 2.36. The molecule has 1 aromatic heterocycles. The van der Waals surface area contributed by atoms with E-state index in [1.807, 2.05) is 19.2 Å². The molecule has 1 unspecified atom stereocenters. The fraction of sp³-hybridized carbons (Fsp3) is 0.312. The highest BCUT2D eigenvalue weighted by molar-refractivity contribution is 7.10. The maximum atomic E-state index is 12.1. The van der Waals surface area contributed by atoms with Gasteiger partial charge in [-0.05, 0) is 43.5 Å². The Kier molecular flexibility index (Phi) is 4.85. The van der Waals surface area contributed by atoms with Crippen LogP contribution in [0, 0.1) is 0 Å². The van der Waals surface area contributed by atoms with Crippen LogP contribution < -0.4 is 10.6 Å². The van der Waals surface area contributed by atoms with Crippen molar-refractivity contribution in [3.05, 3.63) is 46.2 Å². The molecule has 1 aromatic carbocycles. The topological polar surface area (TPSA) is 55.6 Å². The number of nitrogens with two attached hydrogens (primary N) is 1. The second-order valence-corrected chi connectivity index (χ2v) is 5.78. The average molecular weight is 304 g/mol. The maximum absolute atomic E-state index is 12.1. The molecule has 0 amide bonds. The van der Waals surface area contributed by atoms with E-state index in [-0.39, 0.29) is 12.0 Å². The zero-order valence-electron chi connectivity index (χ0n) is 12.5. The van der Waals surface area contributed by atoms with Crippen molar-refractivity contribution in [2.75, 3.05) is 24.3 Å². The van der Waals surface area contributed by atoms with Gasteiger partial charge < -0.3 is 15.4 Å². The van der Waals surface area contributed by atoms with Crippen LogP contribution in [0.15, 0.2) is 35.7 Å². The van der Waals surface area contributed by atoms with Gasteiger partial charge in [-0.15, -0.1) is 11.3 Å². The molecular formula is C16H20N2O2S. The molecule has 112 valence electrons. The molecule has 0 aliphatic carbocycles. The van der Waals surface area contributed by atoms with Gasteiger partial charge in [0.2, 0.25) is 0 Å². The van der Waals surface area contributed by atoms with Crippen LogP contribution in [0.2, 0.25) is 0 Å². The molecule has 2 N–H and O–H groups in total. The summed E-state index contributed by atoms with van der Waals surface area (Å²) in [6.07, 6.45) is 0. The minimum absolute atomic E-state index is 0.168. The fourth-order valence-corrected chi connectivity index (χ4v) is 2.99. The normalized spacial score (nSPS) is 12.0. The summed E-state index contributed by atoms with van der Waals surface area (Å²) in [4.78, 5) is 15.4. The van der Waals surface area contributed by atoms with Crippen molar-refractivity contribution in [1.29, 1.82) is 0 Å². The second-order valence-electron chi connectivity index (χ2n) is 4.80. The highest BCUT2D eigenvalue weighted by Gasteiger charge is 2.20. The molecule has 5 heteroatoms. The van der Waals surface area contributed by atoms with E-state index in [4.69, 9.17) is 10.5 Å². The van der Waals surface area contributed by atoms with Crippen LogP contribution >= 0.6 is 11.3 Å². The molecule has 2 rings (SSSR count). The number of thiophene rings is 1. The number of rotatable bonds is 5. The maximum Gasteiger partial charge on any atom is 0.340 e. The lowest BCUT2D eigenvalue weighted by atomic mass is 10.1. The Labute approximate surface area is 129 Å². The minimum Gasteiger partial charge on any atom is -0.462 e. The summed E-state index contributed by atoms with van der Waals surface area (Å²) in [6.45, 7) is 4.25. The van der Waals surface area contributed by atoms with E-state index >= 15 is 0 Å². The molecule has 0 saturated heterocycles. The van der Waals surface area contributed by atoms with Crippen molar-refractivity contribution in [3.8, 4) is 0 Å². The number of benzene rings is 1. The van der Waals surface area contributed by atoms with Gasteiger partial charge in [-0.3, -0.25) is 0 Å². The third-order valence-corrected chi connectivity index (χ3v) is 4.47. The Morgan fingerprint density at radius 1 is 1.43 bits per heavy atom. The van der Waals surface area contributed by atoms with Gasteiger partial charge in [0.15, 0.2) is 0 Å². The molecule has 0 radical (unpaired) electrons. The van der Waals surface area contributed by atoms with Gasteiger partial charge in [0.1, 0.15) is 0 Å². The Morgan fingerprint density at radius 2 is 2.19 bits per heavy atom. The lowest BCUT2D eigenvalue weighted by Gasteiger charge is -2.28. The highest BCUT2D eigenvalue weighted by atomic mass is 32.1. The monoisotopic (exact) mass is 304 g/mol. The van der Waals surface area contributed by atoms with Crippen LogP contribution in [0.5, 0.6) is 0 Å². The molecule has 0 bridgehead atoms. The standard InChI is InChI=1S/C16H20N2O2S/c1-4-20-16(19)13-10-12(17)7-8-14(13)18(3)11(2)15-6-5-9-21-15/h5-11H,4,17H2,1-3H3. The van der Waals surface area contributed by atoms with E-state index in [1.165, 1.54) is 4.88 Å². The van der Waals surface area contributed by atoms with Crippen LogP contribution in [-0.4, -0.2) is 19.6 Å². The Morgan fingerprint density at radius 3 is 2.81 bits per heavy atom. The van der Waals surface area contributed by atoms with Crippen molar-refractivity contribution >= 4 is 28.7 Å². The Bertz CT molecular complexity index is 611. The number of esters is 1. The van der Waals surface area contributed by atoms with E-state index in [2.05, 4.69) is 23.3 Å². The number of ether oxygens (including phenoxy) is 1. The molecule has 0 spiro atoms. The molecular weight excluding hydrogens is 284 g/mol. The van der Waals surface area contributed by atoms with Gasteiger partial charge in [0, 0.05) is 17.6 Å². The zero-order chi connectivity index (χ0) is 15.4. The SMILES string of the molecule is CCOC(=O)c1cc(N)ccc1N(C)C(C)c1cccs1. The number of hydrogen-bond donors (Lipinski definition) is 1. The first-order valence-corrected chi connectivity index (χ1v) is 7.75. The van der Waals surface area contributed by atoms with Crippen LogP contribution in [-0.2, 0) is 4.74 Å². The van der Waals surface area contributed by atoms with Crippen LogP contribution in [0.1, 0.15) is 35.1 Å². The van der Waals surface area contributed by atoms with Crippen molar-refractivity contribution in [2.45, 2.75) is 19.9 Å². The number of carbonyl (C=O) groups excluding carboxylic acids is 1.